The number of hydrogen-bond donors (Lipinski definition) is 0. The Morgan fingerprint density at radius 1 is 0.655 bits per heavy atom. The van der Waals surface area contributed by atoms with Gasteiger partial charge in [0.15, 0.2) is 0 Å². The van der Waals surface area contributed by atoms with E-state index in [-0.39, 0.29) is 48.3 Å². The summed E-state index contributed by atoms with van der Waals surface area (Å²) in [6.45, 7) is 3.53. The van der Waals surface area contributed by atoms with Gasteiger partial charge in [-0.15, -0.1) is 0 Å². The molecule has 0 aromatic heterocycles. The Balaban J connectivity index is 1.46. The van der Waals surface area contributed by atoms with Crippen LogP contribution in [0.2, 0.25) is 0 Å². The zero-order valence-corrected chi connectivity index (χ0v) is 16.4. The average molecular weight is 390 g/mol. The van der Waals surface area contributed by atoms with E-state index in [1.807, 2.05) is 24.3 Å². The van der Waals surface area contributed by atoms with E-state index in [9.17, 15) is 19.2 Å². The molecule has 148 valence electrons. The van der Waals surface area contributed by atoms with Gasteiger partial charge in [0.1, 0.15) is 0 Å². The van der Waals surface area contributed by atoms with E-state index >= 15 is 0 Å². The first-order valence-corrected chi connectivity index (χ1v) is 9.76. The minimum atomic E-state index is -0.266. The van der Waals surface area contributed by atoms with Gasteiger partial charge in [0, 0.05) is 24.7 Å². The summed E-state index contributed by atoms with van der Waals surface area (Å²) < 4.78 is 0. The lowest BCUT2D eigenvalue weighted by atomic mass is 10.0. The van der Waals surface area contributed by atoms with Crippen LogP contribution < -0.4 is 9.80 Å². The monoisotopic (exact) mass is 390 g/mol. The number of benzene rings is 2. The van der Waals surface area contributed by atoms with Crippen molar-refractivity contribution in [2.75, 3.05) is 9.80 Å². The molecular formula is C23H22N2O4. The standard InChI is InChI=1S/C23H22N2O4/c1-14-11-20(26)24(22(14)28)18-7-3-16(4-8-18)13-17-5-9-19(10-6-17)25-21(27)12-15(2)23(25)29/h3-10,14-15H,11-13H2,1-2H3. The van der Waals surface area contributed by atoms with Crippen LogP contribution >= 0.6 is 0 Å². The van der Waals surface area contributed by atoms with Crippen LogP contribution in [0.25, 0.3) is 0 Å². The molecule has 0 N–H and O–H groups in total. The smallest absolute Gasteiger partial charge is 0.237 e. The van der Waals surface area contributed by atoms with Crippen LogP contribution in [0, 0.1) is 11.8 Å². The van der Waals surface area contributed by atoms with Crippen LogP contribution in [-0.2, 0) is 25.6 Å². The molecule has 2 aromatic rings. The van der Waals surface area contributed by atoms with Crippen LogP contribution in [0.5, 0.6) is 0 Å². The summed E-state index contributed by atoms with van der Waals surface area (Å²) >= 11 is 0. The van der Waals surface area contributed by atoms with Crippen molar-refractivity contribution in [1.82, 2.24) is 0 Å². The Bertz CT molecular complexity index is 913. The van der Waals surface area contributed by atoms with E-state index in [1.54, 1.807) is 38.1 Å². The van der Waals surface area contributed by atoms with E-state index in [4.69, 9.17) is 0 Å². The van der Waals surface area contributed by atoms with Crippen molar-refractivity contribution in [2.24, 2.45) is 11.8 Å². The molecule has 2 fully saturated rings. The van der Waals surface area contributed by atoms with Crippen LogP contribution in [0.4, 0.5) is 11.4 Å². The van der Waals surface area contributed by atoms with E-state index in [2.05, 4.69) is 0 Å². The lowest BCUT2D eigenvalue weighted by molar-refractivity contribution is -0.123. The number of carbonyl (C=O) groups is 4. The normalized spacial score (nSPS) is 22.1. The molecule has 4 amide bonds. The number of amides is 4. The zero-order chi connectivity index (χ0) is 20.7. The zero-order valence-electron chi connectivity index (χ0n) is 16.4. The number of nitrogens with zero attached hydrogens (tertiary/aromatic N) is 2. The molecule has 0 spiro atoms. The van der Waals surface area contributed by atoms with E-state index < -0.39 is 0 Å². The second-order valence-corrected chi connectivity index (χ2v) is 7.85. The Kier molecular flexibility index (Phi) is 4.78. The fraction of sp³-hybridized carbons (Fsp3) is 0.304. The van der Waals surface area contributed by atoms with Gasteiger partial charge in [0.25, 0.3) is 0 Å². The Morgan fingerprint density at radius 2 is 1.00 bits per heavy atom. The average Bonchev–Trinajstić information content (AvgIpc) is 3.10. The van der Waals surface area contributed by atoms with Crippen molar-refractivity contribution in [3.05, 3.63) is 59.7 Å². The Morgan fingerprint density at radius 3 is 1.28 bits per heavy atom. The van der Waals surface area contributed by atoms with Crippen LogP contribution in [-0.4, -0.2) is 23.6 Å². The highest BCUT2D eigenvalue weighted by Crippen LogP contribution is 2.28. The van der Waals surface area contributed by atoms with Gasteiger partial charge in [-0.2, -0.15) is 0 Å². The minimum Gasteiger partial charge on any atom is -0.274 e. The number of rotatable bonds is 4. The molecular weight excluding hydrogens is 368 g/mol. The van der Waals surface area contributed by atoms with Crippen LogP contribution in [0.15, 0.2) is 48.5 Å². The van der Waals surface area contributed by atoms with E-state index in [0.29, 0.717) is 17.8 Å². The summed E-state index contributed by atoms with van der Waals surface area (Å²) in [5.74, 6) is -1.16. The lowest BCUT2D eigenvalue weighted by Crippen LogP contribution is -2.29. The quantitative estimate of drug-likeness (QED) is 0.752. The molecule has 6 nitrogen and oxygen atoms in total. The van der Waals surface area contributed by atoms with E-state index in [1.165, 1.54) is 9.80 Å². The first kappa shape index (κ1) is 19.1. The topological polar surface area (TPSA) is 74.8 Å². The second kappa shape index (κ2) is 7.28. The lowest BCUT2D eigenvalue weighted by Gasteiger charge is -2.16. The maximum atomic E-state index is 12.2. The minimum absolute atomic E-state index is 0.154. The molecule has 0 bridgehead atoms. The Labute approximate surface area is 169 Å². The molecule has 2 aliphatic rings. The molecule has 2 saturated heterocycles. The highest BCUT2D eigenvalue weighted by Gasteiger charge is 2.37. The third-order valence-corrected chi connectivity index (χ3v) is 5.54. The summed E-state index contributed by atoms with van der Waals surface area (Å²) in [6, 6.07) is 14.8. The van der Waals surface area contributed by atoms with Crippen LogP contribution in [0.1, 0.15) is 37.8 Å². The Hall–Kier alpha value is -3.28. The third kappa shape index (κ3) is 3.46. The van der Waals surface area contributed by atoms with Crippen molar-refractivity contribution in [3.8, 4) is 0 Å². The molecule has 2 atom stereocenters. The molecule has 2 unspecified atom stereocenters. The van der Waals surface area contributed by atoms with Gasteiger partial charge in [-0.25, -0.2) is 0 Å². The fourth-order valence-corrected chi connectivity index (χ4v) is 3.87. The summed E-state index contributed by atoms with van der Waals surface area (Å²) in [5.41, 5.74) is 3.28. The molecule has 0 radical (unpaired) electrons. The third-order valence-electron chi connectivity index (χ3n) is 5.54. The maximum absolute atomic E-state index is 12.2. The summed E-state index contributed by atoms with van der Waals surface area (Å²) in [4.78, 5) is 50.9. The summed E-state index contributed by atoms with van der Waals surface area (Å²) in [5, 5.41) is 0. The van der Waals surface area contributed by atoms with Gasteiger partial charge in [-0.3, -0.25) is 29.0 Å². The number of anilines is 2. The van der Waals surface area contributed by atoms with Crippen molar-refractivity contribution in [2.45, 2.75) is 33.1 Å². The highest BCUT2D eigenvalue weighted by atomic mass is 16.2. The maximum Gasteiger partial charge on any atom is 0.237 e. The predicted molar refractivity (Wildman–Crippen MR) is 108 cm³/mol. The molecule has 29 heavy (non-hydrogen) atoms. The van der Waals surface area contributed by atoms with Gasteiger partial charge in [0.2, 0.25) is 23.6 Å². The first-order chi connectivity index (χ1) is 13.8. The van der Waals surface area contributed by atoms with Gasteiger partial charge < -0.3 is 0 Å². The molecule has 2 aliphatic heterocycles. The van der Waals surface area contributed by atoms with Crippen molar-refractivity contribution >= 4 is 35.0 Å². The van der Waals surface area contributed by atoms with Gasteiger partial charge in [-0.1, -0.05) is 38.1 Å². The highest BCUT2D eigenvalue weighted by molar-refractivity contribution is 6.21. The first-order valence-electron chi connectivity index (χ1n) is 9.76. The molecule has 0 saturated carbocycles. The van der Waals surface area contributed by atoms with Gasteiger partial charge in [0.05, 0.1) is 11.4 Å². The van der Waals surface area contributed by atoms with Crippen molar-refractivity contribution < 1.29 is 19.2 Å². The molecule has 6 heteroatoms. The second-order valence-electron chi connectivity index (χ2n) is 7.85. The molecule has 0 aliphatic carbocycles. The fourth-order valence-electron chi connectivity index (χ4n) is 3.87. The van der Waals surface area contributed by atoms with Gasteiger partial charge in [-0.05, 0) is 41.8 Å². The molecule has 4 rings (SSSR count). The van der Waals surface area contributed by atoms with Crippen molar-refractivity contribution in [1.29, 1.82) is 0 Å². The summed E-state index contributed by atoms with van der Waals surface area (Å²) in [6.07, 6.45) is 1.18. The van der Waals surface area contributed by atoms with E-state index in [0.717, 1.165) is 11.1 Å². The molecule has 2 aromatic carbocycles. The van der Waals surface area contributed by atoms with Crippen molar-refractivity contribution in [3.63, 3.8) is 0 Å². The summed E-state index contributed by atoms with van der Waals surface area (Å²) in [7, 11) is 0. The SMILES string of the molecule is CC1CC(=O)N(c2ccc(Cc3ccc(N4C(=O)CC(C)C4=O)cc3)cc2)C1=O. The van der Waals surface area contributed by atoms with Crippen LogP contribution in [0.3, 0.4) is 0 Å². The predicted octanol–water partition coefficient (Wildman–Crippen LogP) is 3.08. The number of carbonyl (C=O) groups excluding carboxylic acids is 4. The number of hydrogen-bond acceptors (Lipinski definition) is 4. The number of imide groups is 2. The molecule has 2 heterocycles. The van der Waals surface area contributed by atoms with Gasteiger partial charge >= 0.3 is 0 Å². The largest absolute Gasteiger partial charge is 0.274 e.